The number of hydrogen-bond acceptors (Lipinski definition) is 6. The third kappa shape index (κ3) is 5.92. The van der Waals surface area contributed by atoms with Gasteiger partial charge < -0.3 is 14.0 Å². The second-order valence-corrected chi connectivity index (χ2v) is 9.83. The van der Waals surface area contributed by atoms with Crippen LogP contribution in [0.25, 0.3) is 28.0 Å². The molecule has 43 heavy (non-hydrogen) atoms. The summed E-state index contributed by atoms with van der Waals surface area (Å²) in [5, 5.41) is 4.72. The van der Waals surface area contributed by atoms with Gasteiger partial charge in [-0.15, -0.1) is 0 Å². The quantitative estimate of drug-likeness (QED) is 0.164. The zero-order chi connectivity index (χ0) is 30.9. The number of carbonyl (C=O) groups is 1. The van der Waals surface area contributed by atoms with E-state index in [2.05, 4.69) is 10.1 Å². The molecule has 0 saturated carbocycles. The van der Waals surface area contributed by atoms with Crippen LogP contribution in [0.15, 0.2) is 88.8 Å². The molecule has 0 unspecified atom stereocenters. The van der Waals surface area contributed by atoms with Gasteiger partial charge in [0.25, 0.3) is 5.56 Å². The van der Waals surface area contributed by atoms with Crippen LogP contribution in [0.2, 0.25) is 0 Å². The minimum atomic E-state index is -4.57. The number of aryl methyl sites for hydroxylation is 1. The average molecular weight is 589 g/mol. The van der Waals surface area contributed by atoms with Crippen molar-refractivity contribution in [3.63, 3.8) is 0 Å². The van der Waals surface area contributed by atoms with Crippen LogP contribution in [0.3, 0.4) is 0 Å². The van der Waals surface area contributed by atoms with Crippen LogP contribution in [0.1, 0.15) is 29.4 Å². The van der Waals surface area contributed by atoms with Crippen LogP contribution in [0, 0.1) is 13.8 Å². The van der Waals surface area contributed by atoms with Crippen molar-refractivity contribution in [1.29, 1.82) is 0 Å². The zero-order valence-electron chi connectivity index (χ0n) is 23.7. The summed E-state index contributed by atoms with van der Waals surface area (Å²) in [4.78, 5) is 29.7. The van der Waals surface area contributed by atoms with Gasteiger partial charge in [0.15, 0.2) is 11.9 Å². The SMILES string of the molecule is COC(=O)[C@@H](C)Oc1ccc(-n2c(C)cc(C=Nn3c(-c4cccc(C(F)(F)F)c4)nc4ccccc4c3=O)c2C)cc1. The number of rotatable bonds is 7. The van der Waals surface area contributed by atoms with E-state index in [1.54, 1.807) is 43.3 Å². The monoisotopic (exact) mass is 588 g/mol. The smallest absolute Gasteiger partial charge is 0.416 e. The molecule has 0 aliphatic rings. The molecule has 8 nitrogen and oxygen atoms in total. The molecule has 0 radical (unpaired) electrons. The second kappa shape index (κ2) is 11.6. The number of aromatic nitrogens is 3. The van der Waals surface area contributed by atoms with Gasteiger partial charge in [-0.25, -0.2) is 9.78 Å². The molecular weight excluding hydrogens is 561 g/mol. The summed E-state index contributed by atoms with van der Waals surface area (Å²) in [6.45, 7) is 5.39. The molecule has 1 atom stereocenters. The summed E-state index contributed by atoms with van der Waals surface area (Å²) in [7, 11) is 1.29. The number of fused-ring (bicyclic) bond motifs is 1. The van der Waals surface area contributed by atoms with Crippen LogP contribution in [0.4, 0.5) is 13.2 Å². The highest BCUT2D eigenvalue weighted by Crippen LogP contribution is 2.32. The Balaban J connectivity index is 1.54. The first-order valence-electron chi connectivity index (χ1n) is 13.3. The van der Waals surface area contributed by atoms with Crippen LogP contribution < -0.4 is 10.3 Å². The number of carbonyl (C=O) groups excluding carboxylic acids is 1. The molecule has 2 heterocycles. The number of nitrogens with zero attached hydrogens (tertiary/aromatic N) is 4. The van der Waals surface area contributed by atoms with Crippen molar-refractivity contribution in [3.05, 3.63) is 112 Å². The highest BCUT2D eigenvalue weighted by atomic mass is 19.4. The summed E-state index contributed by atoms with van der Waals surface area (Å²) < 4.78 is 53.8. The molecular formula is C32H27F3N4O4. The predicted molar refractivity (Wildman–Crippen MR) is 157 cm³/mol. The largest absolute Gasteiger partial charge is 0.479 e. The molecule has 0 bridgehead atoms. The normalized spacial score (nSPS) is 12.5. The molecule has 2 aromatic heterocycles. The van der Waals surface area contributed by atoms with Crippen LogP contribution >= 0.6 is 0 Å². The van der Waals surface area contributed by atoms with E-state index in [-0.39, 0.29) is 16.8 Å². The lowest BCUT2D eigenvalue weighted by Crippen LogP contribution is -2.24. The van der Waals surface area contributed by atoms with E-state index < -0.39 is 29.4 Å². The summed E-state index contributed by atoms with van der Waals surface area (Å²) >= 11 is 0. The summed E-state index contributed by atoms with van der Waals surface area (Å²) in [6, 6.07) is 20.3. The van der Waals surface area contributed by atoms with Crippen molar-refractivity contribution in [2.45, 2.75) is 33.1 Å². The standard InChI is InChI=1S/C32H27F3N4O4/c1-19-16-23(20(2)38(19)25-12-14-26(15-13-25)43-21(3)31(41)42-4)18-36-39-29(22-8-7-9-24(17-22)32(33,34)35)37-28-11-6-5-10-27(28)30(39)40/h5-18,21H,1-4H3/t21-/m1/s1. The molecule has 0 aliphatic heterocycles. The maximum atomic E-state index is 13.5. The fourth-order valence-electron chi connectivity index (χ4n) is 4.78. The van der Waals surface area contributed by atoms with E-state index in [1.165, 1.54) is 25.5 Å². The van der Waals surface area contributed by atoms with Crippen LogP contribution in [-0.4, -0.2) is 39.6 Å². The van der Waals surface area contributed by atoms with Crippen molar-refractivity contribution < 1.29 is 27.4 Å². The minimum absolute atomic E-state index is 0.0170. The number of hydrogen-bond donors (Lipinski definition) is 0. The molecule has 220 valence electrons. The number of benzene rings is 3. The summed E-state index contributed by atoms with van der Waals surface area (Å²) in [5.41, 5.74) is 2.26. The van der Waals surface area contributed by atoms with Gasteiger partial charge in [-0.3, -0.25) is 4.79 Å². The molecule has 3 aromatic carbocycles. The van der Waals surface area contributed by atoms with Crippen molar-refractivity contribution in [2.24, 2.45) is 5.10 Å². The number of alkyl halides is 3. The van der Waals surface area contributed by atoms with E-state index >= 15 is 0 Å². The van der Waals surface area contributed by atoms with Crippen LogP contribution in [0.5, 0.6) is 5.75 Å². The van der Waals surface area contributed by atoms with Gasteiger partial charge >= 0.3 is 12.1 Å². The van der Waals surface area contributed by atoms with E-state index in [0.29, 0.717) is 16.8 Å². The molecule has 0 fully saturated rings. The lowest BCUT2D eigenvalue weighted by atomic mass is 10.1. The summed E-state index contributed by atoms with van der Waals surface area (Å²) in [5.74, 6) is -0.00475. The second-order valence-electron chi connectivity index (χ2n) is 9.83. The highest BCUT2D eigenvalue weighted by molar-refractivity contribution is 5.83. The Kier molecular flexibility index (Phi) is 7.90. The molecule has 0 N–H and O–H groups in total. The Morgan fingerprint density at radius 1 is 1.00 bits per heavy atom. The first kappa shape index (κ1) is 29.3. The van der Waals surface area contributed by atoms with Crippen LogP contribution in [-0.2, 0) is 15.7 Å². The van der Waals surface area contributed by atoms with E-state index in [4.69, 9.17) is 9.47 Å². The molecule has 0 spiro atoms. The maximum Gasteiger partial charge on any atom is 0.416 e. The Labute approximate surface area is 244 Å². The van der Waals surface area contributed by atoms with Gasteiger partial charge in [-0.05, 0) is 75.4 Å². The van der Waals surface area contributed by atoms with Gasteiger partial charge in [-0.2, -0.15) is 22.9 Å². The van der Waals surface area contributed by atoms with Gasteiger partial charge in [0.1, 0.15) is 5.75 Å². The molecule has 11 heteroatoms. The highest BCUT2D eigenvalue weighted by Gasteiger charge is 2.31. The molecule has 0 aliphatic carbocycles. The minimum Gasteiger partial charge on any atom is -0.479 e. The zero-order valence-corrected chi connectivity index (χ0v) is 23.7. The first-order valence-corrected chi connectivity index (χ1v) is 13.3. The van der Waals surface area contributed by atoms with E-state index in [0.717, 1.165) is 33.9 Å². The van der Waals surface area contributed by atoms with Gasteiger partial charge in [0.05, 0.1) is 29.8 Å². The predicted octanol–water partition coefficient (Wildman–Crippen LogP) is 6.31. The average Bonchev–Trinajstić information content (AvgIpc) is 3.28. The summed E-state index contributed by atoms with van der Waals surface area (Å²) in [6.07, 6.45) is -3.84. The van der Waals surface area contributed by atoms with E-state index in [1.807, 2.05) is 36.6 Å². The van der Waals surface area contributed by atoms with E-state index in [9.17, 15) is 22.8 Å². The lowest BCUT2D eigenvalue weighted by Gasteiger charge is -2.14. The Bertz CT molecular complexity index is 1910. The maximum absolute atomic E-state index is 13.5. The van der Waals surface area contributed by atoms with Gasteiger partial charge in [-0.1, -0.05) is 24.3 Å². The molecule has 0 saturated heterocycles. The Morgan fingerprint density at radius 3 is 2.42 bits per heavy atom. The first-order chi connectivity index (χ1) is 20.5. The fraction of sp³-hybridized carbons (Fsp3) is 0.188. The van der Waals surface area contributed by atoms with Crippen molar-refractivity contribution in [2.75, 3.05) is 7.11 Å². The number of esters is 1. The number of para-hydroxylation sites is 1. The molecule has 0 amide bonds. The molecule has 5 rings (SSSR count). The topological polar surface area (TPSA) is 87.7 Å². The number of methoxy groups -OCH3 is 1. The van der Waals surface area contributed by atoms with Crippen molar-refractivity contribution in [3.8, 4) is 22.8 Å². The lowest BCUT2D eigenvalue weighted by molar-refractivity contribution is -0.148. The third-order valence-corrected chi connectivity index (χ3v) is 6.93. The third-order valence-electron chi connectivity index (χ3n) is 6.93. The fourth-order valence-corrected chi connectivity index (χ4v) is 4.78. The Morgan fingerprint density at radius 2 is 1.72 bits per heavy atom. The number of ether oxygens (including phenoxy) is 2. The molecule has 5 aromatic rings. The Hall–Kier alpha value is -5.19. The van der Waals surface area contributed by atoms with Gasteiger partial charge in [0, 0.05) is 28.2 Å². The number of halogens is 3. The van der Waals surface area contributed by atoms with Gasteiger partial charge in [0.2, 0.25) is 0 Å². The van der Waals surface area contributed by atoms with Crippen molar-refractivity contribution >= 4 is 23.1 Å². The van der Waals surface area contributed by atoms with Crippen molar-refractivity contribution in [1.82, 2.24) is 14.2 Å².